The van der Waals surface area contributed by atoms with E-state index in [0.29, 0.717) is 0 Å². The van der Waals surface area contributed by atoms with Gasteiger partial charge in [0.25, 0.3) is 0 Å². The summed E-state index contributed by atoms with van der Waals surface area (Å²) in [5, 5.41) is 0. The first-order chi connectivity index (χ1) is 3.71. The van der Waals surface area contributed by atoms with E-state index in [0.717, 1.165) is 0 Å². The average molecular weight is 307 g/mol. The van der Waals surface area contributed by atoms with Gasteiger partial charge in [0.05, 0.1) is 0 Å². The van der Waals surface area contributed by atoms with Gasteiger partial charge in [0.1, 0.15) is 0 Å². The predicted octanol–water partition coefficient (Wildman–Crippen LogP) is -0.817. The fourth-order valence-corrected chi connectivity index (χ4v) is 1.25. The van der Waals surface area contributed by atoms with Crippen LogP contribution in [0.2, 0.25) is 0 Å². The van der Waals surface area contributed by atoms with Gasteiger partial charge in [-0.1, -0.05) is 0 Å². The Bertz CT molecular complexity index is 157. The molecule has 1 radical (unpaired) electrons. The van der Waals surface area contributed by atoms with Crippen LogP contribution in [0.3, 0.4) is 0 Å². The van der Waals surface area contributed by atoms with Gasteiger partial charge in [-0.2, -0.15) is 4.31 Å². The van der Waals surface area contributed by atoms with Gasteiger partial charge in [-0.15, -0.1) is 0 Å². The van der Waals surface area contributed by atoms with Gasteiger partial charge >= 0.3 is 15.6 Å². The summed E-state index contributed by atoms with van der Waals surface area (Å²) in [6.07, 6.45) is 0. The molecule has 0 amide bonds. The van der Waals surface area contributed by atoms with Gasteiger partial charge in [0, 0.05) is 36.5 Å². The molecule has 0 heterocycles. The molecular weight excluding hydrogens is 303 g/mol. The van der Waals surface area contributed by atoms with Crippen LogP contribution < -0.4 is 0 Å². The van der Waals surface area contributed by atoms with Crippen LogP contribution in [0.4, 0.5) is 0 Å². The molecule has 0 bridgehead atoms. The molecule has 0 saturated carbocycles. The summed E-state index contributed by atoms with van der Waals surface area (Å²) in [5.41, 5.74) is 0. The first-order valence-corrected chi connectivity index (χ1v) is 4.59. The van der Waals surface area contributed by atoms with Crippen LogP contribution in [-0.2, 0) is 50.0 Å². The topological polar surface area (TPSA) is 124 Å². The first kappa shape index (κ1) is 18.2. The number of hydrogen-bond acceptors (Lipinski definition) is 3. The van der Waals surface area contributed by atoms with E-state index in [1.165, 1.54) is 0 Å². The summed E-state index contributed by atoms with van der Waals surface area (Å²) in [6.45, 7) is 0. The minimum absolute atomic E-state index is 0. The molecule has 0 fully saturated rings. The third-order valence-electron chi connectivity index (χ3n) is 0.213. The molecule has 69 valence electrons. The second-order valence-electron chi connectivity index (χ2n) is 1.06. The van der Waals surface area contributed by atoms with Crippen molar-refractivity contribution in [1.29, 1.82) is 0 Å². The molecule has 7 nitrogen and oxygen atoms in total. The maximum atomic E-state index is 9.63. The Morgan fingerprint density at radius 3 is 1.09 bits per heavy atom. The smallest absolute Gasteiger partial charge is 0.302 e. The van der Waals surface area contributed by atoms with E-state index < -0.39 is 15.6 Å². The Morgan fingerprint density at radius 1 is 0.909 bits per heavy atom. The third kappa shape index (κ3) is 18.4. The minimum Gasteiger partial charge on any atom is -0.302 e. The molecule has 0 spiro atoms. The van der Waals surface area contributed by atoms with E-state index in [1.807, 2.05) is 0 Å². The molecule has 0 unspecified atom stereocenters. The zero-order valence-electron chi connectivity index (χ0n) is 4.92. The van der Waals surface area contributed by atoms with Gasteiger partial charge in [-0.3, -0.25) is 0 Å². The van der Waals surface area contributed by atoms with Crippen LogP contribution in [0.25, 0.3) is 0 Å². The second kappa shape index (κ2) is 5.95. The van der Waals surface area contributed by atoms with Crippen molar-refractivity contribution in [2.45, 2.75) is 0 Å². The monoisotopic (exact) mass is 305 g/mol. The van der Waals surface area contributed by atoms with Crippen LogP contribution >= 0.6 is 15.6 Å². The molecular formula is H4CuO7P2Zn. The van der Waals surface area contributed by atoms with Crippen LogP contribution in [-0.4, -0.2) is 19.6 Å². The molecule has 0 aliphatic heterocycles. The fraction of sp³-hybridized carbons (Fsp3) is 0. The van der Waals surface area contributed by atoms with E-state index in [-0.39, 0.29) is 36.5 Å². The number of hydrogen-bond donors (Lipinski definition) is 4. The first-order valence-electron chi connectivity index (χ1n) is 1.53. The van der Waals surface area contributed by atoms with Crippen molar-refractivity contribution < 1.29 is 69.6 Å². The SMILES string of the molecule is O=P(O)(O)OP(=O)(O)O.[Cu].[Zn]. The zero-order chi connectivity index (χ0) is 7.71. The van der Waals surface area contributed by atoms with Crippen LogP contribution in [0, 0.1) is 0 Å². The summed E-state index contributed by atoms with van der Waals surface area (Å²) in [5.74, 6) is 0. The van der Waals surface area contributed by atoms with Crippen molar-refractivity contribution in [3.05, 3.63) is 0 Å². The number of phosphoric acid groups is 2. The molecule has 0 aliphatic carbocycles. The summed E-state index contributed by atoms with van der Waals surface area (Å²) in [4.78, 5) is 31.0. The van der Waals surface area contributed by atoms with Crippen LogP contribution in [0.15, 0.2) is 0 Å². The van der Waals surface area contributed by atoms with Crippen molar-refractivity contribution in [1.82, 2.24) is 0 Å². The van der Waals surface area contributed by atoms with E-state index in [4.69, 9.17) is 19.6 Å². The number of rotatable bonds is 2. The van der Waals surface area contributed by atoms with Gasteiger partial charge in [-0.05, 0) is 0 Å². The van der Waals surface area contributed by atoms with E-state index in [2.05, 4.69) is 4.31 Å². The van der Waals surface area contributed by atoms with Gasteiger partial charge in [0.2, 0.25) is 0 Å². The molecule has 11 heteroatoms. The van der Waals surface area contributed by atoms with Crippen molar-refractivity contribution in [2.24, 2.45) is 0 Å². The maximum Gasteiger partial charge on any atom is 0.478 e. The second-order valence-corrected chi connectivity index (χ2v) is 3.68. The molecule has 4 N–H and O–H groups in total. The van der Waals surface area contributed by atoms with Gasteiger partial charge < -0.3 is 19.6 Å². The summed E-state index contributed by atoms with van der Waals surface area (Å²) in [7, 11) is -10.1. The van der Waals surface area contributed by atoms with Gasteiger partial charge in [-0.25, -0.2) is 9.13 Å². The van der Waals surface area contributed by atoms with Crippen LogP contribution in [0.5, 0.6) is 0 Å². The molecule has 11 heavy (non-hydrogen) atoms. The maximum absolute atomic E-state index is 9.63. The Balaban J connectivity index is -0.000000320. The Kier molecular flexibility index (Phi) is 9.86. The van der Waals surface area contributed by atoms with Crippen molar-refractivity contribution >= 4 is 15.6 Å². The standard InChI is InChI=1S/Cu.H4O7P2.Zn/c;1-8(2,3)7-9(4,5)6;/h;(H2,1,2,3)(H2,4,5,6);. The Labute approximate surface area is 85.2 Å². The minimum atomic E-state index is -5.05. The molecule has 0 aromatic rings. The molecule has 0 aromatic carbocycles. The Hall–Kier alpha value is 1.40. The quantitative estimate of drug-likeness (QED) is 0.388. The summed E-state index contributed by atoms with van der Waals surface area (Å²) in [6, 6.07) is 0. The molecule has 0 aromatic heterocycles. The normalized spacial score (nSPS) is 11.3. The molecule has 0 saturated heterocycles. The van der Waals surface area contributed by atoms with Gasteiger partial charge in [0.15, 0.2) is 0 Å². The summed E-state index contributed by atoms with van der Waals surface area (Å²) < 4.78 is 22.2. The third-order valence-corrected chi connectivity index (χ3v) is 1.91. The van der Waals surface area contributed by atoms with Crippen LogP contribution in [0.1, 0.15) is 0 Å². The van der Waals surface area contributed by atoms with Crippen molar-refractivity contribution in [2.75, 3.05) is 0 Å². The Morgan fingerprint density at radius 2 is 1.09 bits per heavy atom. The molecule has 0 rings (SSSR count). The average Bonchev–Trinajstić information content (AvgIpc) is 1.14. The predicted molar refractivity (Wildman–Crippen MR) is 25.2 cm³/mol. The van der Waals surface area contributed by atoms with E-state index in [1.54, 1.807) is 0 Å². The summed E-state index contributed by atoms with van der Waals surface area (Å²) >= 11 is 0. The largest absolute Gasteiger partial charge is 0.478 e. The van der Waals surface area contributed by atoms with Crippen molar-refractivity contribution in [3.8, 4) is 0 Å². The van der Waals surface area contributed by atoms with Crippen molar-refractivity contribution in [3.63, 3.8) is 0 Å². The molecule has 0 aliphatic rings. The van der Waals surface area contributed by atoms with E-state index in [9.17, 15) is 9.13 Å². The molecule has 0 atom stereocenters. The fourth-order valence-electron chi connectivity index (χ4n) is 0.139. The van der Waals surface area contributed by atoms with E-state index >= 15 is 0 Å². The zero-order valence-corrected chi connectivity index (χ0v) is 10.6.